The van der Waals surface area contributed by atoms with Gasteiger partial charge in [-0.2, -0.15) is 4.31 Å². The lowest BCUT2D eigenvalue weighted by Gasteiger charge is -2.24. The molecule has 2 aliphatic heterocycles. The second kappa shape index (κ2) is 8.78. The monoisotopic (exact) mass is 427 g/mol. The third kappa shape index (κ3) is 4.37. The van der Waals surface area contributed by atoms with E-state index in [-0.39, 0.29) is 10.8 Å². The molecule has 2 fully saturated rings. The second-order valence-corrected chi connectivity index (χ2v) is 10.1. The van der Waals surface area contributed by atoms with Crippen LogP contribution in [0.25, 0.3) is 0 Å². The van der Waals surface area contributed by atoms with Crippen LogP contribution in [0.2, 0.25) is 0 Å². The van der Waals surface area contributed by atoms with Gasteiger partial charge in [-0.25, -0.2) is 8.42 Å². The first-order valence-electron chi connectivity index (χ1n) is 10.7. The minimum absolute atomic E-state index is 0.259. The highest BCUT2D eigenvalue weighted by Gasteiger charge is 2.32. The van der Waals surface area contributed by atoms with Gasteiger partial charge in [-0.05, 0) is 56.4 Å². The van der Waals surface area contributed by atoms with E-state index in [1.807, 2.05) is 31.2 Å². The zero-order chi connectivity index (χ0) is 21.1. The Morgan fingerprint density at radius 1 is 0.933 bits per heavy atom. The minimum atomic E-state index is -3.62. The molecule has 0 aliphatic carbocycles. The van der Waals surface area contributed by atoms with Crippen LogP contribution >= 0.6 is 0 Å². The molecule has 1 N–H and O–H groups in total. The number of hydrogen-bond acceptors (Lipinski definition) is 4. The van der Waals surface area contributed by atoms with E-state index >= 15 is 0 Å². The van der Waals surface area contributed by atoms with Crippen LogP contribution in [0.1, 0.15) is 47.2 Å². The number of benzene rings is 2. The number of nitrogens with zero attached hydrogens (tertiary/aromatic N) is 2. The summed E-state index contributed by atoms with van der Waals surface area (Å²) < 4.78 is 28.3. The van der Waals surface area contributed by atoms with Gasteiger partial charge in [0.1, 0.15) is 4.90 Å². The maximum atomic E-state index is 13.4. The highest BCUT2D eigenvalue weighted by Crippen LogP contribution is 2.32. The Bertz CT molecular complexity index is 1010. The van der Waals surface area contributed by atoms with Gasteiger partial charge in [0.2, 0.25) is 10.0 Å². The van der Waals surface area contributed by atoms with Crippen molar-refractivity contribution in [3.05, 3.63) is 59.2 Å². The molecule has 6 nitrogen and oxygen atoms in total. The molecule has 0 radical (unpaired) electrons. The number of rotatable bonds is 6. The fourth-order valence-electron chi connectivity index (χ4n) is 4.14. The number of anilines is 1. The lowest BCUT2D eigenvalue weighted by molar-refractivity contribution is 0.0950. The number of nitrogens with one attached hydrogen (secondary N) is 1. The molecular weight excluding hydrogens is 398 g/mol. The molecule has 0 bridgehead atoms. The predicted molar refractivity (Wildman–Crippen MR) is 118 cm³/mol. The quantitative estimate of drug-likeness (QED) is 0.768. The van der Waals surface area contributed by atoms with Gasteiger partial charge in [-0.3, -0.25) is 4.79 Å². The van der Waals surface area contributed by atoms with Crippen LogP contribution in [0.5, 0.6) is 0 Å². The number of sulfonamides is 1. The van der Waals surface area contributed by atoms with E-state index in [9.17, 15) is 13.2 Å². The first-order valence-corrected chi connectivity index (χ1v) is 12.1. The maximum Gasteiger partial charge on any atom is 0.251 e. The summed E-state index contributed by atoms with van der Waals surface area (Å²) in [4.78, 5) is 15.2. The van der Waals surface area contributed by atoms with Crippen LogP contribution in [0.15, 0.2) is 47.4 Å². The lowest BCUT2D eigenvalue weighted by Crippen LogP contribution is -2.31. The Balaban J connectivity index is 1.60. The zero-order valence-corrected chi connectivity index (χ0v) is 18.2. The van der Waals surface area contributed by atoms with E-state index in [0.717, 1.165) is 50.0 Å². The van der Waals surface area contributed by atoms with Crippen molar-refractivity contribution in [3.63, 3.8) is 0 Å². The van der Waals surface area contributed by atoms with Gasteiger partial charge in [0.15, 0.2) is 0 Å². The SMILES string of the molecule is Cc1ccc(CNC(=O)c2ccc(N3CCCC3)c(S(=O)(=O)N3CCCC3)c2)cc1. The van der Waals surface area contributed by atoms with E-state index in [1.54, 1.807) is 22.5 Å². The third-order valence-corrected chi connectivity index (χ3v) is 7.85. The molecule has 7 heteroatoms. The van der Waals surface area contributed by atoms with Crippen molar-refractivity contribution in [2.24, 2.45) is 0 Å². The van der Waals surface area contributed by atoms with E-state index in [1.165, 1.54) is 5.56 Å². The molecule has 1 amide bonds. The van der Waals surface area contributed by atoms with Gasteiger partial charge in [0.05, 0.1) is 5.69 Å². The van der Waals surface area contributed by atoms with Gasteiger partial charge in [-0.15, -0.1) is 0 Å². The molecule has 0 spiro atoms. The zero-order valence-electron chi connectivity index (χ0n) is 17.4. The summed E-state index contributed by atoms with van der Waals surface area (Å²) in [5.41, 5.74) is 3.27. The smallest absolute Gasteiger partial charge is 0.251 e. The van der Waals surface area contributed by atoms with Crippen molar-refractivity contribution in [3.8, 4) is 0 Å². The summed E-state index contributed by atoms with van der Waals surface area (Å²) >= 11 is 0. The molecule has 160 valence electrons. The van der Waals surface area contributed by atoms with E-state index in [0.29, 0.717) is 25.2 Å². The van der Waals surface area contributed by atoms with Gasteiger partial charge in [0.25, 0.3) is 5.91 Å². The molecule has 0 aromatic heterocycles. The average Bonchev–Trinajstić information content (AvgIpc) is 3.47. The number of hydrogen-bond donors (Lipinski definition) is 1. The Hall–Kier alpha value is -2.38. The topological polar surface area (TPSA) is 69.7 Å². The standard InChI is InChI=1S/C23H29N3O3S/c1-18-6-8-19(9-7-18)17-24-23(27)20-10-11-21(25-12-2-3-13-25)22(16-20)30(28,29)26-14-4-5-15-26/h6-11,16H,2-5,12-15,17H2,1H3,(H,24,27). The highest BCUT2D eigenvalue weighted by molar-refractivity contribution is 7.89. The highest BCUT2D eigenvalue weighted by atomic mass is 32.2. The number of amides is 1. The van der Waals surface area contributed by atoms with Crippen molar-refractivity contribution in [2.75, 3.05) is 31.1 Å². The van der Waals surface area contributed by atoms with E-state index < -0.39 is 10.0 Å². The van der Waals surface area contributed by atoms with Crippen molar-refractivity contribution in [1.29, 1.82) is 0 Å². The van der Waals surface area contributed by atoms with Crippen molar-refractivity contribution >= 4 is 21.6 Å². The van der Waals surface area contributed by atoms with E-state index in [4.69, 9.17) is 0 Å². The van der Waals surface area contributed by atoms with Gasteiger partial charge in [0, 0.05) is 38.3 Å². The first kappa shape index (κ1) is 20.9. The summed E-state index contributed by atoms with van der Waals surface area (Å²) in [6.07, 6.45) is 3.88. The Morgan fingerprint density at radius 2 is 1.57 bits per heavy atom. The number of carbonyl (C=O) groups is 1. The molecule has 2 aromatic carbocycles. The Labute approximate surface area is 178 Å². The van der Waals surface area contributed by atoms with Crippen molar-refractivity contribution < 1.29 is 13.2 Å². The van der Waals surface area contributed by atoms with Crippen LogP contribution in [0.4, 0.5) is 5.69 Å². The van der Waals surface area contributed by atoms with Crippen LogP contribution in [-0.2, 0) is 16.6 Å². The predicted octanol–water partition coefficient (Wildman–Crippen LogP) is 3.31. The summed E-state index contributed by atoms with van der Waals surface area (Å²) in [6.45, 7) is 5.22. The summed E-state index contributed by atoms with van der Waals surface area (Å²) in [6, 6.07) is 13.1. The van der Waals surface area contributed by atoms with Crippen LogP contribution in [-0.4, -0.2) is 44.8 Å². The van der Waals surface area contributed by atoms with Gasteiger partial charge >= 0.3 is 0 Å². The lowest BCUT2D eigenvalue weighted by atomic mass is 10.1. The maximum absolute atomic E-state index is 13.4. The molecule has 2 aromatic rings. The second-order valence-electron chi connectivity index (χ2n) is 8.16. The van der Waals surface area contributed by atoms with E-state index in [2.05, 4.69) is 10.2 Å². The van der Waals surface area contributed by atoms with Crippen LogP contribution in [0.3, 0.4) is 0 Å². The number of carbonyl (C=O) groups excluding carboxylic acids is 1. The van der Waals surface area contributed by atoms with Gasteiger partial charge < -0.3 is 10.2 Å². The minimum Gasteiger partial charge on any atom is -0.370 e. The molecule has 2 aliphatic rings. The fourth-order valence-corrected chi connectivity index (χ4v) is 5.89. The summed E-state index contributed by atoms with van der Waals surface area (Å²) in [5.74, 6) is -0.263. The molecule has 0 atom stereocenters. The number of aryl methyl sites for hydroxylation is 1. The summed E-state index contributed by atoms with van der Waals surface area (Å²) in [5, 5.41) is 2.91. The molecule has 2 saturated heterocycles. The third-order valence-electron chi connectivity index (χ3n) is 5.93. The largest absolute Gasteiger partial charge is 0.370 e. The summed E-state index contributed by atoms with van der Waals surface area (Å²) in [7, 11) is -3.62. The normalized spacial score (nSPS) is 17.4. The fraction of sp³-hybridized carbons (Fsp3) is 0.435. The Kier molecular flexibility index (Phi) is 6.11. The molecule has 2 heterocycles. The van der Waals surface area contributed by atoms with Crippen molar-refractivity contribution in [2.45, 2.75) is 44.0 Å². The average molecular weight is 428 g/mol. The Morgan fingerprint density at radius 3 is 2.23 bits per heavy atom. The molecule has 0 saturated carbocycles. The molecule has 0 unspecified atom stereocenters. The van der Waals surface area contributed by atoms with Crippen LogP contribution in [0, 0.1) is 6.92 Å². The molecule has 4 rings (SSSR count). The first-order chi connectivity index (χ1) is 14.4. The van der Waals surface area contributed by atoms with Crippen molar-refractivity contribution in [1.82, 2.24) is 9.62 Å². The van der Waals surface area contributed by atoms with Gasteiger partial charge in [-0.1, -0.05) is 29.8 Å². The molecule has 30 heavy (non-hydrogen) atoms. The van der Waals surface area contributed by atoms with Crippen LogP contribution < -0.4 is 10.2 Å². The molecular formula is C23H29N3O3S.